The Kier molecular flexibility index (Phi) is 3.91. The van der Waals surface area contributed by atoms with E-state index < -0.39 is 12.0 Å². The largest absolute Gasteiger partial charge is 0.389 e. The summed E-state index contributed by atoms with van der Waals surface area (Å²) in [7, 11) is 0. The number of aliphatic hydroxyl groups is 1. The molecule has 2 heterocycles. The van der Waals surface area contributed by atoms with Crippen molar-refractivity contribution < 1.29 is 9.90 Å². The molecule has 116 valence electrons. The number of carbonyl (C=O) groups excluding carboxylic acids is 1. The SMILES string of the molecule is C[C@H](O)c1ccc(-c2cnc3[nH]cc(C=CC(N)=O)c3n2)cc1. The fraction of sp³-hybridized carbons (Fsp3) is 0.118. The summed E-state index contributed by atoms with van der Waals surface area (Å²) in [6.07, 6.45) is 5.79. The zero-order valence-corrected chi connectivity index (χ0v) is 12.5. The fourth-order valence-electron chi connectivity index (χ4n) is 2.28. The van der Waals surface area contributed by atoms with Crippen LogP contribution >= 0.6 is 0 Å². The Balaban J connectivity index is 2.01. The Bertz CT molecular complexity index is 879. The predicted octanol–water partition coefficient (Wildman–Crippen LogP) is 2.18. The molecule has 23 heavy (non-hydrogen) atoms. The van der Waals surface area contributed by atoms with Gasteiger partial charge in [-0.25, -0.2) is 9.97 Å². The zero-order chi connectivity index (χ0) is 16.4. The van der Waals surface area contributed by atoms with Crippen molar-refractivity contribution >= 4 is 23.1 Å². The molecule has 1 aromatic carbocycles. The first-order valence-electron chi connectivity index (χ1n) is 7.14. The van der Waals surface area contributed by atoms with Crippen molar-refractivity contribution in [1.29, 1.82) is 0 Å². The van der Waals surface area contributed by atoms with Gasteiger partial charge in [-0.05, 0) is 18.6 Å². The van der Waals surface area contributed by atoms with Crippen LogP contribution in [0.25, 0.3) is 28.5 Å². The molecule has 0 radical (unpaired) electrons. The highest BCUT2D eigenvalue weighted by Gasteiger charge is 2.08. The van der Waals surface area contributed by atoms with Crippen molar-refractivity contribution in [3.8, 4) is 11.3 Å². The number of benzene rings is 1. The highest BCUT2D eigenvalue weighted by Crippen LogP contribution is 2.23. The number of nitrogens with one attached hydrogen (secondary N) is 1. The minimum Gasteiger partial charge on any atom is -0.389 e. The molecule has 3 rings (SSSR count). The van der Waals surface area contributed by atoms with E-state index >= 15 is 0 Å². The first-order valence-corrected chi connectivity index (χ1v) is 7.14. The maximum atomic E-state index is 10.9. The Hall–Kier alpha value is -2.99. The first-order chi connectivity index (χ1) is 11.0. The number of amides is 1. The van der Waals surface area contributed by atoms with Gasteiger partial charge >= 0.3 is 0 Å². The van der Waals surface area contributed by atoms with Crippen LogP contribution in [0.2, 0.25) is 0 Å². The number of H-pyrrole nitrogens is 1. The van der Waals surface area contributed by atoms with Gasteiger partial charge in [0.05, 0.1) is 18.0 Å². The molecule has 0 unspecified atom stereocenters. The average molecular weight is 308 g/mol. The average Bonchev–Trinajstić information content (AvgIpc) is 2.95. The van der Waals surface area contributed by atoms with Crippen molar-refractivity contribution in [2.75, 3.05) is 0 Å². The van der Waals surface area contributed by atoms with E-state index in [1.165, 1.54) is 6.08 Å². The smallest absolute Gasteiger partial charge is 0.241 e. The second kappa shape index (κ2) is 6.02. The van der Waals surface area contributed by atoms with Crippen LogP contribution in [-0.4, -0.2) is 26.0 Å². The summed E-state index contributed by atoms with van der Waals surface area (Å²) in [6.45, 7) is 1.72. The molecule has 3 aromatic rings. The molecule has 1 amide bonds. The summed E-state index contributed by atoms with van der Waals surface area (Å²) in [5.41, 5.74) is 9.62. The second-order valence-corrected chi connectivity index (χ2v) is 5.23. The lowest BCUT2D eigenvalue weighted by Crippen LogP contribution is -2.05. The van der Waals surface area contributed by atoms with E-state index in [4.69, 9.17) is 5.73 Å². The van der Waals surface area contributed by atoms with E-state index in [2.05, 4.69) is 15.0 Å². The zero-order valence-electron chi connectivity index (χ0n) is 12.5. The summed E-state index contributed by atoms with van der Waals surface area (Å²) in [5, 5.41) is 9.56. The predicted molar refractivity (Wildman–Crippen MR) is 88.2 cm³/mol. The lowest BCUT2D eigenvalue weighted by atomic mass is 10.1. The summed E-state index contributed by atoms with van der Waals surface area (Å²) >= 11 is 0. The van der Waals surface area contributed by atoms with E-state index in [1.807, 2.05) is 24.3 Å². The van der Waals surface area contributed by atoms with Crippen molar-refractivity contribution in [2.24, 2.45) is 5.73 Å². The fourth-order valence-corrected chi connectivity index (χ4v) is 2.28. The van der Waals surface area contributed by atoms with Crippen LogP contribution in [0, 0.1) is 0 Å². The third-order valence-electron chi connectivity index (χ3n) is 3.53. The normalized spacial score (nSPS) is 12.8. The molecule has 1 atom stereocenters. The van der Waals surface area contributed by atoms with Crippen LogP contribution in [0.5, 0.6) is 0 Å². The van der Waals surface area contributed by atoms with Gasteiger partial charge in [0.25, 0.3) is 0 Å². The maximum absolute atomic E-state index is 10.9. The molecule has 2 aromatic heterocycles. The molecule has 0 spiro atoms. The van der Waals surface area contributed by atoms with Crippen molar-refractivity contribution in [1.82, 2.24) is 15.0 Å². The van der Waals surface area contributed by atoms with E-state index in [0.29, 0.717) is 16.9 Å². The van der Waals surface area contributed by atoms with Gasteiger partial charge < -0.3 is 15.8 Å². The molecule has 0 saturated carbocycles. The highest BCUT2D eigenvalue weighted by molar-refractivity contribution is 5.93. The molecule has 6 heteroatoms. The van der Waals surface area contributed by atoms with Gasteiger partial charge in [0.1, 0.15) is 5.52 Å². The Morgan fingerprint density at radius 3 is 2.74 bits per heavy atom. The molecule has 0 aliphatic rings. The monoisotopic (exact) mass is 308 g/mol. The number of rotatable bonds is 4. The molecule has 0 aliphatic carbocycles. The summed E-state index contributed by atoms with van der Waals surface area (Å²) in [4.78, 5) is 22.8. The van der Waals surface area contributed by atoms with Gasteiger partial charge in [-0.2, -0.15) is 0 Å². The lowest BCUT2D eigenvalue weighted by Gasteiger charge is -2.06. The van der Waals surface area contributed by atoms with Gasteiger partial charge in [0.2, 0.25) is 5.91 Å². The standard InChI is InChI=1S/C17H16N4O2/c1-10(22)11-2-4-12(5-3-11)14-9-20-17-16(21-14)13(8-19-17)6-7-15(18)23/h2-10,22H,1H3,(H2,18,23)(H,19,20)/t10-/m0/s1. The van der Waals surface area contributed by atoms with Gasteiger partial charge in [0, 0.05) is 23.4 Å². The third kappa shape index (κ3) is 3.12. The van der Waals surface area contributed by atoms with Crippen LogP contribution in [0.4, 0.5) is 0 Å². The Labute approximate surface area is 132 Å². The summed E-state index contributed by atoms with van der Waals surface area (Å²) in [5.74, 6) is -0.517. The van der Waals surface area contributed by atoms with Gasteiger partial charge in [0.15, 0.2) is 5.65 Å². The van der Waals surface area contributed by atoms with E-state index in [-0.39, 0.29) is 0 Å². The topological polar surface area (TPSA) is 105 Å². The number of aromatic amines is 1. The summed E-state index contributed by atoms with van der Waals surface area (Å²) < 4.78 is 0. The van der Waals surface area contributed by atoms with Crippen molar-refractivity contribution in [3.63, 3.8) is 0 Å². The number of aliphatic hydroxyl groups excluding tert-OH is 1. The van der Waals surface area contributed by atoms with E-state index in [9.17, 15) is 9.90 Å². The third-order valence-corrected chi connectivity index (χ3v) is 3.53. The van der Waals surface area contributed by atoms with Gasteiger partial charge in [-0.15, -0.1) is 0 Å². The number of primary amides is 1. The first kappa shape index (κ1) is 14.9. The summed E-state index contributed by atoms with van der Waals surface area (Å²) in [6, 6.07) is 7.50. The second-order valence-electron chi connectivity index (χ2n) is 5.23. The molecule has 0 aliphatic heterocycles. The maximum Gasteiger partial charge on any atom is 0.241 e. The molecule has 0 bridgehead atoms. The number of hydrogen-bond donors (Lipinski definition) is 3. The van der Waals surface area contributed by atoms with Crippen LogP contribution < -0.4 is 5.73 Å². The van der Waals surface area contributed by atoms with E-state index in [1.54, 1.807) is 25.4 Å². The van der Waals surface area contributed by atoms with Crippen LogP contribution in [0.15, 0.2) is 42.7 Å². The molecule has 0 fully saturated rings. The number of fused-ring (bicyclic) bond motifs is 1. The highest BCUT2D eigenvalue weighted by atomic mass is 16.3. The van der Waals surface area contributed by atoms with Crippen LogP contribution in [-0.2, 0) is 4.79 Å². The van der Waals surface area contributed by atoms with Crippen molar-refractivity contribution in [3.05, 3.63) is 53.9 Å². The number of aromatic nitrogens is 3. The number of nitrogens with zero attached hydrogens (tertiary/aromatic N) is 2. The van der Waals surface area contributed by atoms with E-state index in [0.717, 1.165) is 16.7 Å². The van der Waals surface area contributed by atoms with Crippen LogP contribution in [0.3, 0.4) is 0 Å². The molecule has 0 saturated heterocycles. The quantitative estimate of drug-likeness (QED) is 0.642. The Morgan fingerprint density at radius 1 is 1.35 bits per heavy atom. The van der Waals surface area contributed by atoms with Crippen LogP contribution in [0.1, 0.15) is 24.2 Å². The number of carbonyl (C=O) groups is 1. The number of hydrogen-bond acceptors (Lipinski definition) is 4. The van der Waals surface area contributed by atoms with Crippen molar-refractivity contribution in [2.45, 2.75) is 13.0 Å². The lowest BCUT2D eigenvalue weighted by molar-refractivity contribution is -0.113. The molecular weight excluding hydrogens is 292 g/mol. The Morgan fingerprint density at radius 2 is 2.09 bits per heavy atom. The van der Waals surface area contributed by atoms with Gasteiger partial charge in [-0.1, -0.05) is 24.3 Å². The molecule has 4 N–H and O–H groups in total. The minimum absolute atomic E-state index is 0.507. The molecule has 6 nitrogen and oxygen atoms in total. The number of nitrogens with two attached hydrogens (primary N) is 1. The van der Waals surface area contributed by atoms with Gasteiger partial charge in [-0.3, -0.25) is 4.79 Å². The minimum atomic E-state index is -0.517. The molecular formula is C17H16N4O2.